The predicted molar refractivity (Wildman–Crippen MR) is 171 cm³/mol. The van der Waals surface area contributed by atoms with Crippen LogP contribution >= 0.6 is 0 Å². The van der Waals surface area contributed by atoms with E-state index in [2.05, 4.69) is 5.32 Å². The molecule has 4 amide bonds. The first-order valence-electron chi connectivity index (χ1n) is 16.2. The van der Waals surface area contributed by atoms with Crippen LogP contribution < -0.4 is 5.32 Å². The summed E-state index contributed by atoms with van der Waals surface area (Å²) in [6.45, 7) is 2.12. The lowest BCUT2D eigenvalue weighted by Crippen LogP contribution is -2.58. The fourth-order valence-corrected chi connectivity index (χ4v) is 6.65. The third-order valence-electron chi connectivity index (χ3n) is 9.30. The van der Waals surface area contributed by atoms with E-state index >= 15 is 8.78 Å². The van der Waals surface area contributed by atoms with E-state index in [-0.39, 0.29) is 62.9 Å². The summed E-state index contributed by atoms with van der Waals surface area (Å²) in [5, 5.41) is 13.6. The summed E-state index contributed by atoms with van der Waals surface area (Å²) >= 11 is 0. The van der Waals surface area contributed by atoms with Gasteiger partial charge in [0.1, 0.15) is 29.7 Å². The number of likely N-dealkylation sites (tertiary alicyclic amines) is 1. The molecule has 0 bridgehead atoms. The normalized spacial score (nSPS) is 20.5. The Morgan fingerprint density at radius 2 is 1.78 bits per heavy atom. The molecule has 49 heavy (non-hydrogen) atoms. The molecule has 258 valence electrons. The van der Waals surface area contributed by atoms with E-state index in [1.54, 1.807) is 10.8 Å². The van der Waals surface area contributed by atoms with Crippen LogP contribution in [0.4, 0.5) is 13.2 Å². The molecule has 3 aromatic rings. The molecule has 4 unspecified atom stereocenters. The van der Waals surface area contributed by atoms with E-state index < -0.39 is 59.5 Å². The van der Waals surface area contributed by atoms with Gasteiger partial charge in [0.05, 0.1) is 11.7 Å². The number of nitrogens with one attached hydrogen (secondary N) is 1. The quantitative estimate of drug-likeness (QED) is 0.282. The zero-order chi connectivity index (χ0) is 34.8. The third-order valence-corrected chi connectivity index (χ3v) is 9.30. The van der Waals surface area contributed by atoms with Crippen molar-refractivity contribution in [2.75, 3.05) is 39.3 Å². The van der Waals surface area contributed by atoms with Crippen LogP contribution in [-0.4, -0.2) is 105 Å². The van der Waals surface area contributed by atoms with Gasteiger partial charge in [0.25, 0.3) is 17.7 Å². The number of hydrogen-bond acceptors (Lipinski definition) is 7. The maximum atomic E-state index is 15.1. The number of imide groups is 1. The highest BCUT2D eigenvalue weighted by atomic mass is 19.1. The summed E-state index contributed by atoms with van der Waals surface area (Å²) in [5.41, 5.74) is 0.883. The smallest absolute Gasteiger partial charge is 0.253 e. The fourth-order valence-electron chi connectivity index (χ4n) is 6.65. The fraction of sp³-hybridized carbons (Fsp3) is 0.400. The average Bonchev–Trinajstić information content (AvgIpc) is 3.75. The summed E-state index contributed by atoms with van der Waals surface area (Å²) in [5.74, 6) is -4.06. The Hall–Kier alpha value is -4.82. The van der Waals surface area contributed by atoms with Crippen molar-refractivity contribution >= 4 is 23.6 Å². The van der Waals surface area contributed by atoms with Crippen molar-refractivity contribution in [2.24, 2.45) is 11.8 Å². The third kappa shape index (κ3) is 7.30. The van der Waals surface area contributed by atoms with Crippen LogP contribution in [0.25, 0.3) is 11.3 Å². The molecule has 4 heterocycles. The van der Waals surface area contributed by atoms with Crippen LogP contribution in [0.1, 0.15) is 30.8 Å². The number of aliphatic hydroxyl groups is 1. The number of hydrogen-bond donors (Lipinski definition) is 2. The topological polar surface area (TPSA) is 128 Å². The molecule has 2 saturated heterocycles. The molecule has 3 aliphatic rings. The van der Waals surface area contributed by atoms with Gasteiger partial charge >= 0.3 is 0 Å². The molecule has 11 nitrogen and oxygen atoms in total. The highest BCUT2D eigenvalue weighted by molar-refractivity contribution is 6.13. The van der Waals surface area contributed by atoms with E-state index in [0.29, 0.717) is 12.4 Å². The maximum absolute atomic E-state index is 15.1. The Balaban J connectivity index is 1.37. The highest BCUT2D eigenvalue weighted by Crippen LogP contribution is 2.38. The van der Waals surface area contributed by atoms with Gasteiger partial charge in [-0.3, -0.25) is 24.1 Å². The Morgan fingerprint density at radius 1 is 1.06 bits per heavy atom. The number of halogens is 3. The number of aromatic nitrogens is 2. The summed E-state index contributed by atoms with van der Waals surface area (Å²) in [4.78, 5) is 59.6. The number of alkyl halides is 1. The SMILES string of the molecule is CC(O)C(=O)N(CC1CNCC1F)C(c1nc(-c2cc(F)ccc2F)cn1Cc1ccccc1)C1CN(C(=O)CCN2C(=O)C=CC2=O)C1. The van der Waals surface area contributed by atoms with Gasteiger partial charge in [-0.15, -0.1) is 0 Å². The summed E-state index contributed by atoms with van der Waals surface area (Å²) < 4.78 is 46.2. The second kappa shape index (κ2) is 14.3. The van der Waals surface area contributed by atoms with E-state index in [0.717, 1.165) is 40.8 Å². The first-order chi connectivity index (χ1) is 23.5. The largest absolute Gasteiger partial charge is 0.384 e. The number of carbonyl (C=O) groups excluding carboxylic acids is 4. The minimum atomic E-state index is -1.45. The molecule has 4 atom stereocenters. The van der Waals surface area contributed by atoms with Gasteiger partial charge in [0.15, 0.2) is 0 Å². The lowest BCUT2D eigenvalue weighted by Gasteiger charge is -2.47. The molecule has 2 N–H and O–H groups in total. The van der Waals surface area contributed by atoms with Gasteiger partial charge in [0.2, 0.25) is 5.91 Å². The highest BCUT2D eigenvalue weighted by Gasteiger charge is 2.45. The molecular formula is C35H37F3N6O5. The molecule has 14 heteroatoms. The molecule has 0 aliphatic carbocycles. The van der Waals surface area contributed by atoms with Crippen LogP contribution in [0.5, 0.6) is 0 Å². The van der Waals surface area contributed by atoms with Crippen molar-refractivity contribution in [3.8, 4) is 11.3 Å². The number of imidazole rings is 1. The number of nitrogens with zero attached hydrogens (tertiary/aromatic N) is 5. The summed E-state index contributed by atoms with van der Waals surface area (Å²) in [7, 11) is 0. The molecule has 0 spiro atoms. The number of carbonyl (C=O) groups is 4. The Bertz CT molecular complexity index is 1740. The molecule has 3 aliphatic heterocycles. The predicted octanol–water partition coefficient (Wildman–Crippen LogP) is 2.46. The van der Waals surface area contributed by atoms with E-state index in [9.17, 15) is 28.7 Å². The first kappa shape index (κ1) is 34.1. The van der Waals surface area contributed by atoms with Crippen molar-refractivity contribution in [3.05, 3.63) is 89.9 Å². The van der Waals surface area contributed by atoms with Crippen LogP contribution in [0.15, 0.2) is 66.9 Å². The number of aliphatic hydroxyl groups excluding tert-OH is 1. The monoisotopic (exact) mass is 678 g/mol. The first-order valence-corrected chi connectivity index (χ1v) is 16.2. The minimum absolute atomic E-state index is 0.0684. The zero-order valence-electron chi connectivity index (χ0n) is 26.8. The van der Waals surface area contributed by atoms with E-state index in [1.807, 2.05) is 30.3 Å². The van der Waals surface area contributed by atoms with Crippen molar-refractivity contribution in [1.82, 2.24) is 29.6 Å². The Labute approximate surface area is 281 Å². The summed E-state index contributed by atoms with van der Waals surface area (Å²) in [6.07, 6.45) is 1.07. The molecule has 0 saturated carbocycles. The van der Waals surface area contributed by atoms with E-state index in [1.165, 1.54) is 16.7 Å². The second-order valence-corrected chi connectivity index (χ2v) is 12.7. The van der Waals surface area contributed by atoms with Gasteiger partial charge in [-0.05, 0) is 30.7 Å². The number of benzene rings is 2. The maximum Gasteiger partial charge on any atom is 0.253 e. The van der Waals surface area contributed by atoms with E-state index in [4.69, 9.17) is 4.98 Å². The molecule has 0 radical (unpaired) electrons. The van der Waals surface area contributed by atoms with Crippen LogP contribution in [0.3, 0.4) is 0 Å². The van der Waals surface area contributed by atoms with Gasteiger partial charge in [-0.25, -0.2) is 18.2 Å². The molecule has 2 aromatic carbocycles. The van der Waals surface area contributed by atoms with Crippen LogP contribution in [0.2, 0.25) is 0 Å². The summed E-state index contributed by atoms with van der Waals surface area (Å²) in [6, 6.07) is 11.5. The van der Waals surface area contributed by atoms with Crippen molar-refractivity contribution in [1.29, 1.82) is 0 Å². The van der Waals surface area contributed by atoms with Crippen molar-refractivity contribution in [2.45, 2.75) is 38.2 Å². The Morgan fingerprint density at radius 3 is 2.43 bits per heavy atom. The standard InChI is InChI=1S/C35H37F3N6O5/c1-21(45)35(49)44(19-23-14-39-15-28(23)38)33(24-17-41(18-24)30(46)11-12-43-31(47)9-10-32(43)48)34-40-29(26-13-25(36)7-8-27(26)37)20-42(34)16-22-5-3-2-4-6-22/h2-10,13,20-21,23-24,28,33,39,45H,11-12,14-19H2,1H3. The Kier molecular flexibility index (Phi) is 9.97. The lowest BCUT2D eigenvalue weighted by molar-refractivity contribution is -0.149. The van der Waals surface area contributed by atoms with Crippen molar-refractivity contribution < 1.29 is 37.5 Å². The zero-order valence-corrected chi connectivity index (χ0v) is 26.8. The lowest BCUT2D eigenvalue weighted by atomic mass is 9.87. The van der Waals surface area contributed by atoms with Gasteiger partial charge < -0.3 is 24.8 Å². The average molecular weight is 679 g/mol. The number of rotatable bonds is 12. The van der Waals surface area contributed by atoms with Crippen LogP contribution in [0, 0.1) is 23.5 Å². The number of amides is 4. The van der Waals surface area contributed by atoms with Gasteiger partial charge in [0, 0.05) is 88.0 Å². The molecule has 6 rings (SSSR count). The van der Waals surface area contributed by atoms with Gasteiger partial charge in [-0.1, -0.05) is 30.3 Å². The second-order valence-electron chi connectivity index (χ2n) is 12.7. The molecular weight excluding hydrogens is 641 g/mol. The minimum Gasteiger partial charge on any atom is -0.384 e. The van der Waals surface area contributed by atoms with Crippen LogP contribution in [-0.2, 0) is 25.7 Å². The van der Waals surface area contributed by atoms with Crippen molar-refractivity contribution in [3.63, 3.8) is 0 Å². The molecule has 1 aromatic heterocycles. The van der Waals surface area contributed by atoms with Gasteiger partial charge in [-0.2, -0.15) is 0 Å². The molecule has 2 fully saturated rings.